The van der Waals surface area contributed by atoms with Gasteiger partial charge in [0.2, 0.25) is 0 Å². The van der Waals surface area contributed by atoms with Crippen LogP contribution in [0.3, 0.4) is 0 Å². The molecule has 0 saturated carbocycles. The van der Waals surface area contributed by atoms with E-state index in [4.69, 9.17) is 24.4 Å². The van der Waals surface area contributed by atoms with Crippen molar-refractivity contribution in [3.05, 3.63) is 57.3 Å². The minimum absolute atomic E-state index is 0.0188. The Bertz CT molecular complexity index is 1180. The molecule has 5 rings (SSSR count). The van der Waals surface area contributed by atoms with Gasteiger partial charge in [-0.3, -0.25) is 10.2 Å². The number of methoxy groups -OCH3 is 1. The first-order valence-electron chi connectivity index (χ1n) is 11.8. The maximum Gasteiger partial charge on any atom is 0.284 e. The number of ether oxygens (including phenoxy) is 4. The number of hydrogen-bond donors (Lipinski definition) is 1. The molecule has 1 aromatic carbocycles. The highest BCUT2D eigenvalue weighted by molar-refractivity contribution is 5.77. The van der Waals surface area contributed by atoms with Crippen LogP contribution in [0.1, 0.15) is 23.1 Å². The van der Waals surface area contributed by atoms with Crippen molar-refractivity contribution >= 4 is 11.6 Å². The predicted molar refractivity (Wildman–Crippen MR) is 130 cm³/mol. The van der Waals surface area contributed by atoms with E-state index in [9.17, 15) is 4.79 Å². The van der Waals surface area contributed by atoms with E-state index in [2.05, 4.69) is 28.8 Å². The van der Waals surface area contributed by atoms with Gasteiger partial charge in [-0.15, -0.1) is 0 Å². The van der Waals surface area contributed by atoms with Gasteiger partial charge in [-0.1, -0.05) is 24.3 Å². The van der Waals surface area contributed by atoms with E-state index in [-0.39, 0.29) is 17.6 Å². The first-order chi connectivity index (χ1) is 16.5. The Hall–Kier alpha value is -3.10. The van der Waals surface area contributed by atoms with Gasteiger partial charge in [-0.25, -0.2) is 0 Å². The lowest BCUT2D eigenvalue weighted by Crippen LogP contribution is -2.35. The van der Waals surface area contributed by atoms with Crippen molar-refractivity contribution in [3.8, 4) is 17.1 Å². The Balaban J connectivity index is 1.41. The molecule has 0 aliphatic carbocycles. The summed E-state index contributed by atoms with van der Waals surface area (Å²) < 4.78 is 24.4. The lowest BCUT2D eigenvalue weighted by Gasteiger charge is -2.29. The van der Waals surface area contributed by atoms with Crippen LogP contribution in [0.15, 0.2) is 35.1 Å². The molecule has 1 saturated heterocycles. The third-order valence-corrected chi connectivity index (χ3v) is 6.84. The predicted octanol–water partition coefficient (Wildman–Crippen LogP) is 2.84. The second kappa shape index (κ2) is 9.64. The Morgan fingerprint density at radius 3 is 2.82 bits per heavy atom. The summed E-state index contributed by atoms with van der Waals surface area (Å²) in [4.78, 5) is 14.7. The van der Waals surface area contributed by atoms with Gasteiger partial charge in [0.05, 0.1) is 32.6 Å². The fraction of sp³-hybridized carbons (Fsp3) is 0.462. The molecule has 1 aromatic heterocycles. The number of nitrogens with zero attached hydrogens (tertiary/aromatic N) is 2. The Morgan fingerprint density at radius 1 is 1.21 bits per heavy atom. The molecule has 2 aromatic rings. The van der Waals surface area contributed by atoms with Crippen molar-refractivity contribution in [3.63, 3.8) is 0 Å². The van der Waals surface area contributed by atoms with Crippen LogP contribution in [0, 0.1) is 12.3 Å². The molecule has 8 nitrogen and oxygen atoms in total. The van der Waals surface area contributed by atoms with Crippen LogP contribution < -0.4 is 10.2 Å². The molecule has 4 heterocycles. The monoisotopic (exact) mass is 465 g/mol. The molecule has 3 aliphatic rings. The Morgan fingerprint density at radius 2 is 2.09 bits per heavy atom. The van der Waals surface area contributed by atoms with Gasteiger partial charge < -0.3 is 28.4 Å². The number of aryl methyl sites for hydroxylation is 1. The van der Waals surface area contributed by atoms with E-state index in [1.807, 2.05) is 11.8 Å². The van der Waals surface area contributed by atoms with Gasteiger partial charge in [-0.05, 0) is 36.5 Å². The molecular formula is C26H31N3O5. The van der Waals surface area contributed by atoms with Crippen molar-refractivity contribution in [1.82, 2.24) is 9.47 Å². The third kappa shape index (κ3) is 4.35. The van der Waals surface area contributed by atoms with E-state index >= 15 is 0 Å². The van der Waals surface area contributed by atoms with Crippen LogP contribution in [0.2, 0.25) is 0 Å². The molecule has 0 amide bonds. The average molecular weight is 466 g/mol. The van der Waals surface area contributed by atoms with Gasteiger partial charge in [-0.2, -0.15) is 0 Å². The molecule has 0 bridgehead atoms. The standard InChI is InChI=1S/C26H31N3O5/c1-17-23(30)14-24(34-16-21-15-32-11-12-33-21)29-10-7-20-13-19(3-4-22(20)25(17)29)18-5-8-28(9-6-18)26(27)31-2/h3-5,13-14,21,27H,6-12,15-16H2,1-2H3/t21-/m0/s1. The zero-order valence-corrected chi connectivity index (χ0v) is 19.8. The molecule has 8 heteroatoms. The minimum atomic E-state index is -0.118. The molecule has 34 heavy (non-hydrogen) atoms. The molecule has 0 spiro atoms. The van der Waals surface area contributed by atoms with Crippen molar-refractivity contribution in [2.45, 2.75) is 32.4 Å². The normalized spacial score (nSPS) is 19.6. The molecule has 180 valence electrons. The van der Waals surface area contributed by atoms with E-state index in [1.165, 1.54) is 23.8 Å². The fourth-order valence-corrected chi connectivity index (χ4v) is 4.94. The molecular weight excluding hydrogens is 434 g/mol. The molecule has 0 radical (unpaired) electrons. The lowest BCUT2D eigenvalue weighted by molar-refractivity contribution is -0.102. The smallest absolute Gasteiger partial charge is 0.284 e. The zero-order chi connectivity index (χ0) is 23.7. The van der Waals surface area contributed by atoms with Crippen LogP contribution in [-0.4, -0.2) is 68.2 Å². The van der Waals surface area contributed by atoms with Crippen LogP contribution >= 0.6 is 0 Å². The van der Waals surface area contributed by atoms with Crippen LogP contribution in [0.25, 0.3) is 16.8 Å². The summed E-state index contributed by atoms with van der Waals surface area (Å²) in [5.41, 5.74) is 6.49. The summed E-state index contributed by atoms with van der Waals surface area (Å²) in [6.45, 7) is 6.13. The van der Waals surface area contributed by atoms with Crippen molar-refractivity contribution in [1.29, 1.82) is 5.41 Å². The first-order valence-corrected chi connectivity index (χ1v) is 11.8. The van der Waals surface area contributed by atoms with Crippen LogP contribution in [0.5, 0.6) is 5.88 Å². The number of nitrogens with one attached hydrogen (secondary N) is 1. The SMILES string of the molecule is COC(=N)N1CC=C(c2ccc3c(c2)CCn2c(OC[C@@H]4COCCO4)cc(=O)c(C)c2-3)CC1. The molecule has 3 aliphatic heterocycles. The van der Waals surface area contributed by atoms with Crippen molar-refractivity contribution in [2.24, 2.45) is 0 Å². The van der Waals surface area contributed by atoms with Crippen molar-refractivity contribution in [2.75, 3.05) is 46.6 Å². The molecule has 1 atom stereocenters. The second-order valence-corrected chi connectivity index (χ2v) is 8.91. The van der Waals surface area contributed by atoms with Gasteiger partial charge in [0.15, 0.2) is 11.3 Å². The van der Waals surface area contributed by atoms with Gasteiger partial charge in [0, 0.05) is 36.8 Å². The van der Waals surface area contributed by atoms with E-state index < -0.39 is 0 Å². The van der Waals surface area contributed by atoms with E-state index in [0.29, 0.717) is 38.9 Å². The van der Waals surface area contributed by atoms with Gasteiger partial charge >= 0.3 is 0 Å². The maximum atomic E-state index is 12.8. The summed E-state index contributed by atoms with van der Waals surface area (Å²) in [7, 11) is 1.53. The van der Waals surface area contributed by atoms with E-state index in [0.717, 1.165) is 42.8 Å². The first kappa shape index (κ1) is 22.7. The number of amidine groups is 1. The van der Waals surface area contributed by atoms with Crippen LogP contribution in [0.4, 0.5) is 0 Å². The summed E-state index contributed by atoms with van der Waals surface area (Å²) in [6.07, 6.45) is 3.79. The maximum absolute atomic E-state index is 12.8. The van der Waals surface area contributed by atoms with E-state index in [1.54, 1.807) is 6.07 Å². The average Bonchev–Trinajstić information content (AvgIpc) is 2.89. The number of rotatable bonds is 4. The fourth-order valence-electron chi connectivity index (χ4n) is 4.94. The third-order valence-electron chi connectivity index (χ3n) is 6.84. The highest BCUT2D eigenvalue weighted by atomic mass is 16.6. The molecule has 1 N–H and O–H groups in total. The number of aromatic nitrogens is 1. The lowest BCUT2D eigenvalue weighted by atomic mass is 9.90. The summed E-state index contributed by atoms with van der Waals surface area (Å²) in [5, 5.41) is 7.86. The molecule has 1 fully saturated rings. The Kier molecular flexibility index (Phi) is 6.43. The van der Waals surface area contributed by atoms with Gasteiger partial charge in [0.25, 0.3) is 6.02 Å². The topological polar surface area (TPSA) is 86.0 Å². The van der Waals surface area contributed by atoms with Gasteiger partial charge in [0.1, 0.15) is 12.7 Å². The number of benzene rings is 1. The summed E-state index contributed by atoms with van der Waals surface area (Å²) in [5.74, 6) is 0.588. The van der Waals surface area contributed by atoms with Crippen LogP contribution in [-0.2, 0) is 27.2 Å². The number of hydrogen-bond acceptors (Lipinski definition) is 6. The quantitative estimate of drug-likeness (QED) is 0.552. The summed E-state index contributed by atoms with van der Waals surface area (Å²) >= 11 is 0. The number of pyridine rings is 1. The minimum Gasteiger partial charge on any atom is -0.476 e. The number of fused-ring (bicyclic) bond motifs is 3. The van der Waals surface area contributed by atoms with Crippen molar-refractivity contribution < 1.29 is 18.9 Å². The highest BCUT2D eigenvalue weighted by Crippen LogP contribution is 2.36. The Labute approximate surface area is 199 Å². The molecule has 0 unspecified atom stereocenters. The highest BCUT2D eigenvalue weighted by Gasteiger charge is 2.24. The largest absolute Gasteiger partial charge is 0.476 e. The second-order valence-electron chi connectivity index (χ2n) is 8.91. The summed E-state index contributed by atoms with van der Waals surface area (Å²) in [6, 6.07) is 8.33. The zero-order valence-electron chi connectivity index (χ0n) is 19.8.